The van der Waals surface area contributed by atoms with E-state index in [1.165, 1.54) is 12.8 Å². The van der Waals surface area contributed by atoms with E-state index in [4.69, 9.17) is 5.73 Å². The predicted octanol–water partition coefficient (Wildman–Crippen LogP) is -0.0539. The van der Waals surface area contributed by atoms with Gasteiger partial charge in [0.1, 0.15) is 6.04 Å². The van der Waals surface area contributed by atoms with Gasteiger partial charge in [0.2, 0.25) is 5.91 Å². The molecular weight excluding hydrogens is 192 g/mol. The Kier molecular flexibility index (Phi) is 2.73. The van der Waals surface area contributed by atoms with E-state index in [-0.39, 0.29) is 5.91 Å². The molecule has 0 saturated heterocycles. The maximum atomic E-state index is 11.3. The van der Waals surface area contributed by atoms with E-state index in [0.29, 0.717) is 0 Å². The zero-order chi connectivity index (χ0) is 10.8. The fourth-order valence-electron chi connectivity index (χ4n) is 1.60. The first-order chi connectivity index (χ1) is 7.18. The van der Waals surface area contributed by atoms with Crippen LogP contribution in [0.1, 0.15) is 24.6 Å². The summed E-state index contributed by atoms with van der Waals surface area (Å²) in [5, 5.41) is 3.19. The lowest BCUT2D eigenvalue weighted by Crippen LogP contribution is -2.35. The molecule has 1 heterocycles. The van der Waals surface area contributed by atoms with Crippen molar-refractivity contribution >= 4 is 5.91 Å². The molecular formula is C10H16N4O. The van der Waals surface area contributed by atoms with Gasteiger partial charge in [-0.1, -0.05) is 0 Å². The van der Waals surface area contributed by atoms with E-state index in [1.54, 1.807) is 12.5 Å². The highest BCUT2D eigenvalue weighted by atomic mass is 16.1. The van der Waals surface area contributed by atoms with Crippen molar-refractivity contribution in [2.45, 2.75) is 18.9 Å². The minimum absolute atomic E-state index is 0.348. The number of nitrogens with one attached hydrogen (secondary N) is 1. The van der Waals surface area contributed by atoms with Crippen LogP contribution < -0.4 is 11.1 Å². The molecule has 1 saturated carbocycles. The van der Waals surface area contributed by atoms with Gasteiger partial charge in [-0.15, -0.1) is 0 Å². The molecule has 0 radical (unpaired) electrons. The standard InChI is InChI=1S/C10H16N4O/c1-14-6-12-5-8(14)9(10(11)15)13-4-7-2-3-7/h5-7,9,13H,2-4H2,1H3,(H2,11,15). The van der Waals surface area contributed by atoms with Crippen LogP contribution in [0.2, 0.25) is 0 Å². The third-order valence-corrected chi connectivity index (χ3v) is 2.74. The molecule has 1 aromatic rings. The number of nitrogens with two attached hydrogens (primary N) is 1. The first-order valence-electron chi connectivity index (χ1n) is 5.17. The average Bonchev–Trinajstić information content (AvgIpc) is 2.91. The van der Waals surface area contributed by atoms with Crippen LogP contribution in [0, 0.1) is 5.92 Å². The topological polar surface area (TPSA) is 72.9 Å². The Bertz CT molecular complexity index is 356. The highest BCUT2D eigenvalue weighted by molar-refractivity contribution is 5.80. The fraction of sp³-hybridized carbons (Fsp3) is 0.600. The molecule has 0 spiro atoms. The van der Waals surface area contributed by atoms with Gasteiger partial charge in [-0.05, 0) is 25.3 Å². The van der Waals surface area contributed by atoms with Gasteiger partial charge in [-0.2, -0.15) is 0 Å². The minimum Gasteiger partial charge on any atom is -0.368 e. The zero-order valence-corrected chi connectivity index (χ0v) is 8.81. The molecule has 2 rings (SSSR count). The minimum atomic E-state index is -0.418. The molecule has 1 unspecified atom stereocenters. The second-order valence-electron chi connectivity index (χ2n) is 4.12. The quantitative estimate of drug-likeness (QED) is 0.712. The van der Waals surface area contributed by atoms with Crippen molar-refractivity contribution in [3.05, 3.63) is 18.2 Å². The number of amides is 1. The molecule has 0 bridgehead atoms. The summed E-state index contributed by atoms with van der Waals surface area (Å²) in [7, 11) is 1.86. The number of aryl methyl sites for hydroxylation is 1. The second kappa shape index (κ2) is 4.02. The van der Waals surface area contributed by atoms with Crippen molar-refractivity contribution in [3.63, 3.8) is 0 Å². The van der Waals surface area contributed by atoms with E-state index in [9.17, 15) is 4.79 Å². The number of carbonyl (C=O) groups is 1. The predicted molar refractivity (Wildman–Crippen MR) is 55.9 cm³/mol. The second-order valence-corrected chi connectivity index (χ2v) is 4.12. The van der Waals surface area contributed by atoms with Gasteiger partial charge >= 0.3 is 0 Å². The van der Waals surface area contributed by atoms with Crippen molar-refractivity contribution in [2.75, 3.05) is 6.54 Å². The summed E-state index contributed by atoms with van der Waals surface area (Å²) >= 11 is 0. The van der Waals surface area contributed by atoms with Crippen molar-refractivity contribution in [1.29, 1.82) is 0 Å². The molecule has 0 aliphatic heterocycles. The molecule has 1 aromatic heterocycles. The maximum Gasteiger partial charge on any atom is 0.240 e. The van der Waals surface area contributed by atoms with E-state index < -0.39 is 6.04 Å². The first kappa shape index (κ1) is 10.2. The zero-order valence-electron chi connectivity index (χ0n) is 8.81. The van der Waals surface area contributed by atoms with Crippen LogP contribution in [0.25, 0.3) is 0 Å². The molecule has 1 amide bonds. The number of nitrogens with zero attached hydrogens (tertiary/aromatic N) is 2. The first-order valence-corrected chi connectivity index (χ1v) is 5.17. The van der Waals surface area contributed by atoms with Gasteiger partial charge in [0.25, 0.3) is 0 Å². The van der Waals surface area contributed by atoms with Gasteiger partial charge in [0.05, 0.1) is 18.2 Å². The third kappa shape index (κ3) is 2.36. The Morgan fingerprint density at radius 3 is 3.00 bits per heavy atom. The van der Waals surface area contributed by atoms with Crippen LogP contribution in [-0.2, 0) is 11.8 Å². The van der Waals surface area contributed by atoms with Crippen molar-refractivity contribution in [1.82, 2.24) is 14.9 Å². The lowest BCUT2D eigenvalue weighted by atomic mass is 10.2. The monoisotopic (exact) mass is 208 g/mol. The van der Waals surface area contributed by atoms with E-state index in [1.807, 2.05) is 11.6 Å². The van der Waals surface area contributed by atoms with Crippen LogP contribution in [0.3, 0.4) is 0 Å². The number of rotatable bonds is 5. The Balaban J connectivity index is 2.04. The SMILES string of the molecule is Cn1cncc1C(NCC1CC1)C(N)=O. The molecule has 1 atom stereocenters. The van der Waals surface area contributed by atoms with Crippen molar-refractivity contribution in [3.8, 4) is 0 Å². The molecule has 0 aromatic carbocycles. The summed E-state index contributed by atoms with van der Waals surface area (Å²) in [6, 6.07) is -0.418. The number of hydrogen-bond donors (Lipinski definition) is 2. The summed E-state index contributed by atoms with van der Waals surface area (Å²) < 4.78 is 1.81. The fourth-order valence-corrected chi connectivity index (χ4v) is 1.60. The smallest absolute Gasteiger partial charge is 0.240 e. The number of hydrogen-bond acceptors (Lipinski definition) is 3. The Labute approximate surface area is 88.7 Å². The van der Waals surface area contributed by atoms with Crippen molar-refractivity contribution < 1.29 is 4.79 Å². The Morgan fingerprint density at radius 2 is 2.53 bits per heavy atom. The lowest BCUT2D eigenvalue weighted by Gasteiger charge is -2.15. The van der Waals surface area contributed by atoms with Crippen LogP contribution in [0.5, 0.6) is 0 Å². The normalized spacial score (nSPS) is 17.7. The van der Waals surface area contributed by atoms with Gasteiger partial charge in [0, 0.05) is 7.05 Å². The maximum absolute atomic E-state index is 11.3. The Morgan fingerprint density at radius 1 is 1.80 bits per heavy atom. The van der Waals surface area contributed by atoms with Crippen LogP contribution >= 0.6 is 0 Å². The molecule has 1 aliphatic carbocycles. The Hall–Kier alpha value is -1.36. The lowest BCUT2D eigenvalue weighted by molar-refractivity contribution is -0.120. The molecule has 15 heavy (non-hydrogen) atoms. The highest BCUT2D eigenvalue weighted by Crippen LogP contribution is 2.28. The highest BCUT2D eigenvalue weighted by Gasteiger charge is 2.26. The summed E-state index contributed by atoms with van der Waals surface area (Å²) in [6.45, 7) is 0.860. The summed E-state index contributed by atoms with van der Waals surface area (Å²) in [5.74, 6) is 0.374. The largest absolute Gasteiger partial charge is 0.368 e. The molecule has 3 N–H and O–H groups in total. The van der Waals surface area contributed by atoms with Gasteiger partial charge in [-0.25, -0.2) is 4.98 Å². The van der Waals surface area contributed by atoms with E-state index in [0.717, 1.165) is 18.2 Å². The average molecular weight is 208 g/mol. The van der Waals surface area contributed by atoms with Gasteiger partial charge in [0.15, 0.2) is 0 Å². The molecule has 1 fully saturated rings. The van der Waals surface area contributed by atoms with Gasteiger partial charge < -0.3 is 15.6 Å². The summed E-state index contributed by atoms with van der Waals surface area (Å²) in [5.41, 5.74) is 6.18. The van der Waals surface area contributed by atoms with Crippen LogP contribution in [0.15, 0.2) is 12.5 Å². The van der Waals surface area contributed by atoms with Crippen molar-refractivity contribution in [2.24, 2.45) is 18.7 Å². The number of aromatic nitrogens is 2. The van der Waals surface area contributed by atoms with E-state index in [2.05, 4.69) is 10.3 Å². The molecule has 82 valence electrons. The summed E-state index contributed by atoms with van der Waals surface area (Å²) in [4.78, 5) is 15.3. The van der Waals surface area contributed by atoms with Gasteiger partial charge in [-0.3, -0.25) is 4.79 Å². The van der Waals surface area contributed by atoms with Crippen LogP contribution in [0.4, 0.5) is 0 Å². The summed E-state index contributed by atoms with van der Waals surface area (Å²) in [6.07, 6.45) is 5.85. The van der Waals surface area contributed by atoms with E-state index >= 15 is 0 Å². The molecule has 1 aliphatic rings. The third-order valence-electron chi connectivity index (χ3n) is 2.74. The molecule has 5 heteroatoms. The number of imidazole rings is 1. The molecule has 5 nitrogen and oxygen atoms in total. The number of primary amides is 1. The van der Waals surface area contributed by atoms with Crippen LogP contribution in [-0.4, -0.2) is 22.0 Å². The number of carbonyl (C=O) groups excluding carboxylic acids is 1.